The first-order chi connectivity index (χ1) is 7.06. The monoisotopic (exact) mass is 235 g/mol. The van der Waals surface area contributed by atoms with Crippen LogP contribution in [0.3, 0.4) is 0 Å². The van der Waals surface area contributed by atoms with Gasteiger partial charge in [0.05, 0.1) is 0 Å². The third-order valence-electron chi connectivity index (χ3n) is 2.87. The Morgan fingerprint density at radius 2 is 2.13 bits per heavy atom. The molecule has 0 unspecified atom stereocenters. The van der Waals surface area contributed by atoms with Crippen LogP contribution in [0.5, 0.6) is 0 Å². The van der Waals surface area contributed by atoms with E-state index in [1.54, 1.807) is 7.05 Å². The smallest absolute Gasteiger partial charge is 0.279 e. The van der Waals surface area contributed by atoms with Crippen molar-refractivity contribution in [2.24, 2.45) is 11.7 Å². The molecule has 0 heterocycles. The third kappa shape index (κ3) is 4.06. The first-order valence-electron chi connectivity index (χ1n) is 5.47. The summed E-state index contributed by atoms with van der Waals surface area (Å²) < 4.78 is 27.3. The molecule has 0 aliphatic heterocycles. The van der Waals surface area contributed by atoms with Gasteiger partial charge in [-0.3, -0.25) is 0 Å². The van der Waals surface area contributed by atoms with E-state index in [0.717, 1.165) is 12.8 Å². The van der Waals surface area contributed by atoms with E-state index < -0.39 is 10.2 Å². The van der Waals surface area contributed by atoms with Crippen LogP contribution < -0.4 is 10.5 Å². The summed E-state index contributed by atoms with van der Waals surface area (Å²) in [6.45, 7) is 1.58. The number of nitrogens with two attached hydrogens (primary N) is 1. The predicted octanol–water partition coefficient (Wildman–Crippen LogP) is -0.0985. The standard InChI is InChI=1S/C9H21N3O2S/c1-12(7-3-6-10)15(13,14)11-8-9-4-2-5-9/h9,11H,2-8,10H2,1H3. The molecule has 0 saturated heterocycles. The van der Waals surface area contributed by atoms with E-state index in [-0.39, 0.29) is 0 Å². The lowest BCUT2D eigenvalue weighted by molar-refractivity contribution is 0.313. The molecule has 90 valence electrons. The molecule has 0 aromatic heterocycles. The fraction of sp³-hybridized carbons (Fsp3) is 1.00. The summed E-state index contributed by atoms with van der Waals surface area (Å²) >= 11 is 0. The molecule has 5 nitrogen and oxygen atoms in total. The highest BCUT2D eigenvalue weighted by Crippen LogP contribution is 2.25. The Morgan fingerprint density at radius 1 is 1.47 bits per heavy atom. The Labute approximate surface area is 92.2 Å². The molecule has 3 N–H and O–H groups in total. The largest absolute Gasteiger partial charge is 0.330 e. The predicted molar refractivity (Wildman–Crippen MR) is 60.6 cm³/mol. The van der Waals surface area contributed by atoms with Crippen molar-refractivity contribution in [1.29, 1.82) is 0 Å². The minimum atomic E-state index is -3.28. The van der Waals surface area contributed by atoms with Gasteiger partial charge in [-0.25, -0.2) is 4.72 Å². The lowest BCUT2D eigenvalue weighted by Gasteiger charge is -2.26. The molecular weight excluding hydrogens is 214 g/mol. The molecule has 1 fully saturated rings. The lowest BCUT2D eigenvalue weighted by atomic mass is 9.86. The van der Waals surface area contributed by atoms with Gasteiger partial charge in [-0.2, -0.15) is 12.7 Å². The summed E-state index contributed by atoms with van der Waals surface area (Å²) in [7, 11) is -1.69. The second-order valence-corrected chi connectivity index (χ2v) is 5.98. The van der Waals surface area contributed by atoms with Crippen molar-refractivity contribution in [2.75, 3.05) is 26.7 Å². The fourth-order valence-electron chi connectivity index (χ4n) is 1.46. The number of hydrogen-bond acceptors (Lipinski definition) is 3. The van der Waals surface area contributed by atoms with Crippen LogP contribution in [0, 0.1) is 5.92 Å². The summed E-state index contributed by atoms with van der Waals surface area (Å²) in [6, 6.07) is 0. The molecule has 0 bridgehead atoms. The highest BCUT2D eigenvalue weighted by molar-refractivity contribution is 7.87. The van der Waals surface area contributed by atoms with Gasteiger partial charge in [-0.1, -0.05) is 6.42 Å². The van der Waals surface area contributed by atoms with E-state index in [1.807, 2.05) is 0 Å². The first kappa shape index (κ1) is 12.9. The fourth-order valence-corrected chi connectivity index (χ4v) is 2.50. The van der Waals surface area contributed by atoms with Crippen molar-refractivity contribution < 1.29 is 8.42 Å². The van der Waals surface area contributed by atoms with Crippen LogP contribution in [0.4, 0.5) is 0 Å². The molecule has 1 saturated carbocycles. The van der Waals surface area contributed by atoms with Crippen molar-refractivity contribution in [1.82, 2.24) is 9.03 Å². The molecule has 0 atom stereocenters. The maximum Gasteiger partial charge on any atom is 0.279 e. The molecule has 0 aromatic rings. The topological polar surface area (TPSA) is 75.4 Å². The zero-order chi connectivity index (χ0) is 11.3. The van der Waals surface area contributed by atoms with Crippen LogP contribution in [0.1, 0.15) is 25.7 Å². The second-order valence-electron chi connectivity index (χ2n) is 4.11. The Morgan fingerprint density at radius 3 is 2.60 bits per heavy atom. The van der Waals surface area contributed by atoms with Gasteiger partial charge in [-0.15, -0.1) is 0 Å². The molecule has 0 radical (unpaired) electrons. The average molecular weight is 235 g/mol. The van der Waals surface area contributed by atoms with E-state index in [2.05, 4.69) is 4.72 Å². The summed E-state index contributed by atoms with van der Waals surface area (Å²) in [5, 5.41) is 0. The Balaban J connectivity index is 2.28. The number of nitrogens with one attached hydrogen (secondary N) is 1. The van der Waals surface area contributed by atoms with E-state index in [4.69, 9.17) is 5.73 Å². The summed E-state index contributed by atoms with van der Waals surface area (Å²) in [5.74, 6) is 0.544. The van der Waals surface area contributed by atoms with Gasteiger partial charge < -0.3 is 5.73 Å². The van der Waals surface area contributed by atoms with Crippen molar-refractivity contribution >= 4 is 10.2 Å². The lowest BCUT2D eigenvalue weighted by Crippen LogP contribution is -2.42. The zero-order valence-electron chi connectivity index (χ0n) is 9.28. The molecule has 1 aliphatic carbocycles. The van der Waals surface area contributed by atoms with Crippen LogP contribution in [0.2, 0.25) is 0 Å². The molecule has 0 amide bonds. The molecule has 1 aliphatic rings. The minimum Gasteiger partial charge on any atom is -0.330 e. The van der Waals surface area contributed by atoms with Gasteiger partial charge in [0.25, 0.3) is 10.2 Å². The van der Waals surface area contributed by atoms with Gasteiger partial charge in [0.1, 0.15) is 0 Å². The quantitative estimate of drug-likeness (QED) is 0.647. The Kier molecular flexibility index (Phi) is 4.98. The molecular formula is C9H21N3O2S. The van der Waals surface area contributed by atoms with Gasteiger partial charge in [0.2, 0.25) is 0 Å². The summed E-state index contributed by atoms with van der Waals surface area (Å²) in [6.07, 6.45) is 4.22. The second kappa shape index (κ2) is 5.79. The van der Waals surface area contributed by atoms with Gasteiger partial charge >= 0.3 is 0 Å². The average Bonchev–Trinajstić information content (AvgIpc) is 2.11. The zero-order valence-corrected chi connectivity index (χ0v) is 10.1. The van der Waals surface area contributed by atoms with E-state index in [9.17, 15) is 8.42 Å². The van der Waals surface area contributed by atoms with Gasteiger partial charge in [-0.05, 0) is 31.7 Å². The SMILES string of the molecule is CN(CCCN)S(=O)(=O)NCC1CCC1. The number of nitrogens with zero attached hydrogens (tertiary/aromatic N) is 1. The molecule has 6 heteroatoms. The van der Waals surface area contributed by atoms with E-state index in [0.29, 0.717) is 32.0 Å². The molecule has 1 rings (SSSR count). The number of rotatable bonds is 7. The normalized spacial score (nSPS) is 18.1. The minimum absolute atomic E-state index is 0.483. The van der Waals surface area contributed by atoms with Crippen molar-refractivity contribution in [3.63, 3.8) is 0 Å². The molecule has 0 aromatic carbocycles. The Hall–Kier alpha value is -0.170. The van der Waals surface area contributed by atoms with Crippen LogP contribution in [0.25, 0.3) is 0 Å². The van der Waals surface area contributed by atoms with Crippen LogP contribution in [0.15, 0.2) is 0 Å². The van der Waals surface area contributed by atoms with Crippen molar-refractivity contribution in [3.05, 3.63) is 0 Å². The maximum atomic E-state index is 11.7. The van der Waals surface area contributed by atoms with E-state index in [1.165, 1.54) is 10.7 Å². The maximum absolute atomic E-state index is 11.7. The van der Waals surface area contributed by atoms with Gasteiger partial charge in [0.15, 0.2) is 0 Å². The molecule has 0 spiro atoms. The Bertz CT molecular complexity index is 275. The molecule has 15 heavy (non-hydrogen) atoms. The number of hydrogen-bond donors (Lipinski definition) is 2. The van der Waals surface area contributed by atoms with Gasteiger partial charge in [0, 0.05) is 20.1 Å². The summed E-state index contributed by atoms with van der Waals surface area (Å²) in [5.41, 5.74) is 5.33. The highest BCUT2D eigenvalue weighted by Gasteiger charge is 2.22. The third-order valence-corrected chi connectivity index (χ3v) is 4.40. The van der Waals surface area contributed by atoms with Crippen LogP contribution in [-0.2, 0) is 10.2 Å². The van der Waals surface area contributed by atoms with Crippen molar-refractivity contribution in [2.45, 2.75) is 25.7 Å². The van der Waals surface area contributed by atoms with Crippen LogP contribution >= 0.6 is 0 Å². The van der Waals surface area contributed by atoms with Crippen LogP contribution in [-0.4, -0.2) is 39.4 Å². The highest BCUT2D eigenvalue weighted by atomic mass is 32.2. The van der Waals surface area contributed by atoms with Crippen molar-refractivity contribution in [3.8, 4) is 0 Å². The first-order valence-corrected chi connectivity index (χ1v) is 6.91. The van der Waals surface area contributed by atoms with E-state index >= 15 is 0 Å². The summed E-state index contributed by atoms with van der Waals surface area (Å²) in [4.78, 5) is 0.